The van der Waals surface area contributed by atoms with Crippen LogP contribution in [0, 0.1) is 18.3 Å². The Morgan fingerprint density at radius 1 is 1.33 bits per heavy atom. The highest BCUT2D eigenvalue weighted by molar-refractivity contribution is 5.05. The summed E-state index contributed by atoms with van der Waals surface area (Å²) < 4.78 is 17.6. The molecule has 1 aliphatic carbocycles. The van der Waals surface area contributed by atoms with Gasteiger partial charge in [-0.25, -0.2) is 0 Å². The second-order valence-electron chi connectivity index (χ2n) is 8.07. The first-order chi connectivity index (χ1) is 11.7. The third-order valence-corrected chi connectivity index (χ3v) is 6.10. The van der Waals surface area contributed by atoms with Crippen molar-refractivity contribution in [1.82, 2.24) is 10.1 Å². The number of likely N-dealkylation sites (tertiary alicyclic amines) is 1. The number of hydrogen-bond acceptors (Lipinski definition) is 5. The molecule has 0 N–H and O–H groups in total. The Bertz CT molecular complexity index is 542. The zero-order valence-electron chi connectivity index (χ0n) is 14.8. The smallest absolute Gasteiger partial charge is 0.133 e. The zero-order chi connectivity index (χ0) is 16.4. The number of nitrogens with zero attached hydrogens (tertiary/aromatic N) is 2. The molecule has 5 heteroatoms. The fourth-order valence-corrected chi connectivity index (χ4v) is 4.54. The van der Waals surface area contributed by atoms with Gasteiger partial charge in [0.05, 0.1) is 18.4 Å². The van der Waals surface area contributed by atoms with Gasteiger partial charge in [-0.2, -0.15) is 0 Å². The Hall–Kier alpha value is -0.910. The molecule has 3 heterocycles. The molecule has 2 atom stereocenters. The molecule has 3 fully saturated rings. The van der Waals surface area contributed by atoms with Crippen molar-refractivity contribution in [2.75, 3.05) is 32.9 Å². The summed E-state index contributed by atoms with van der Waals surface area (Å²) in [4.78, 5) is 2.51. The highest BCUT2D eigenvalue weighted by atomic mass is 16.5. The minimum Gasteiger partial charge on any atom is -0.380 e. The molecule has 0 aromatic carbocycles. The van der Waals surface area contributed by atoms with Crippen LogP contribution < -0.4 is 0 Å². The number of aryl methyl sites for hydroxylation is 1. The molecule has 4 rings (SSSR count). The van der Waals surface area contributed by atoms with E-state index >= 15 is 0 Å². The van der Waals surface area contributed by atoms with E-state index in [4.69, 9.17) is 14.0 Å². The van der Waals surface area contributed by atoms with Crippen LogP contribution in [0.3, 0.4) is 0 Å². The van der Waals surface area contributed by atoms with Crippen molar-refractivity contribution >= 4 is 0 Å². The minimum atomic E-state index is 0.166. The molecule has 3 aliphatic rings. The van der Waals surface area contributed by atoms with E-state index in [1.165, 1.54) is 25.7 Å². The molecule has 1 aromatic rings. The van der Waals surface area contributed by atoms with Crippen molar-refractivity contribution < 1.29 is 14.0 Å². The van der Waals surface area contributed by atoms with E-state index in [9.17, 15) is 0 Å². The van der Waals surface area contributed by atoms with Gasteiger partial charge in [-0.1, -0.05) is 11.6 Å². The van der Waals surface area contributed by atoms with Crippen molar-refractivity contribution in [3.05, 3.63) is 17.5 Å². The molecule has 1 saturated carbocycles. The molecule has 0 spiro atoms. The van der Waals surface area contributed by atoms with E-state index in [-0.39, 0.29) is 5.41 Å². The van der Waals surface area contributed by atoms with Gasteiger partial charge >= 0.3 is 0 Å². The van der Waals surface area contributed by atoms with Crippen LogP contribution in [0.4, 0.5) is 0 Å². The lowest BCUT2D eigenvalue weighted by Gasteiger charge is -2.50. The minimum absolute atomic E-state index is 0.166. The number of rotatable bonds is 6. The Balaban J connectivity index is 1.38. The topological polar surface area (TPSA) is 47.7 Å². The van der Waals surface area contributed by atoms with Crippen molar-refractivity contribution in [2.24, 2.45) is 11.3 Å². The molecule has 134 valence electrons. The Morgan fingerprint density at radius 2 is 2.25 bits per heavy atom. The van der Waals surface area contributed by atoms with Gasteiger partial charge in [0, 0.05) is 44.3 Å². The molecular formula is C19H30N2O3. The summed E-state index contributed by atoms with van der Waals surface area (Å²) in [6.07, 6.45) is 7.92. The lowest BCUT2D eigenvalue weighted by molar-refractivity contribution is -0.157. The Kier molecular flexibility index (Phi) is 4.93. The van der Waals surface area contributed by atoms with Crippen LogP contribution >= 0.6 is 0 Å². The fourth-order valence-electron chi connectivity index (χ4n) is 4.54. The van der Waals surface area contributed by atoms with Gasteiger partial charge in [-0.3, -0.25) is 4.90 Å². The van der Waals surface area contributed by atoms with Crippen molar-refractivity contribution in [1.29, 1.82) is 0 Å². The summed E-state index contributed by atoms with van der Waals surface area (Å²) in [6, 6.07) is 2.04. The molecule has 5 nitrogen and oxygen atoms in total. The summed E-state index contributed by atoms with van der Waals surface area (Å²) in [5.41, 5.74) is 1.20. The number of piperidine rings is 1. The normalized spacial score (nSPS) is 31.6. The molecule has 24 heavy (non-hydrogen) atoms. The van der Waals surface area contributed by atoms with Crippen LogP contribution in [-0.4, -0.2) is 49.1 Å². The molecule has 0 unspecified atom stereocenters. The van der Waals surface area contributed by atoms with Crippen molar-refractivity contribution in [3.8, 4) is 0 Å². The predicted molar refractivity (Wildman–Crippen MR) is 90.7 cm³/mol. The number of aromatic nitrogens is 1. The molecule has 1 aromatic heterocycles. The third kappa shape index (κ3) is 3.53. The van der Waals surface area contributed by atoms with Gasteiger partial charge in [0.1, 0.15) is 5.76 Å². The Morgan fingerprint density at radius 3 is 3.00 bits per heavy atom. The summed E-state index contributed by atoms with van der Waals surface area (Å²) >= 11 is 0. The van der Waals surface area contributed by atoms with E-state index in [0.29, 0.717) is 6.10 Å². The quantitative estimate of drug-likeness (QED) is 0.800. The van der Waals surface area contributed by atoms with E-state index in [0.717, 1.165) is 69.7 Å². The van der Waals surface area contributed by atoms with Crippen molar-refractivity contribution in [2.45, 2.75) is 58.1 Å². The molecular weight excluding hydrogens is 304 g/mol. The van der Waals surface area contributed by atoms with Gasteiger partial charge in [-0.15, -0.1) is 0 Å². The maximum absolute atomic E-state index is 6.20. The van der Waals surface area contributed by atoms with E-state index < -0.39 is 0 Å². The average molecular weight is 334 g/mol. The SMILES string of the molecule is Cc1cc(CN2CC[C@@H]3OCCC[C@]3(COCC3CCC3)C2)no1. The average Bonchev–Trinajstić information content (AvgIpc) is 2.94. The highest BCUT2D eigenvalue weighted by Crippen LogP contribution is 2.41. The van der Waals surface area contributed by atoms with Crippen LogP contribution in [0.1, 0.15) is 50.0 Å². The number of fused-ring (bicyclic) bond motifs is 1. The van der Waals surface area contributed by atoms with Gasteiger partial charge in [0.15, 0.2) is 0 Å². The summed E-state index contributed by atoms with van der Waals surface area (Å²) in [5.74, 6) is 1.70. The first-order valence-corrected chi connectivity index (χ1v) is 9.57. The maximum atomic E-state index is 6.20. The van der Waals surface area contributed by atoms with Gasteiger partial charge in [0.2, 0.25) is 0 Å². The highest BCUT2D eigenvalue weighted by Gasteiger charge is 2.46. The van der Waals surface area contributed by atoms with Crippen LogP contribution in [0.2, 0.25) is 0 Å². The summed E-state index contributed by atoms with van der Waals surface area (Å²) in [5, 5.41) is 4.16. The maximum Gasteiger partial charge on any atom is 0.133 e. The molecule has 0 radical (unpaired) electrons. The van der Waals surface area contributed by atoms with Crippen LogP contribution in [0.25, 0.3) is 0 Å². The number of ether oxygens (including phenoxy) is 2. The van der Waals surface area contributed by atoms with Crippen LogP contribution in [-0.2, 0) is 16.0 Å². The van der Waals surface area contributed by atoms with Crippen LogP contribution in [0.5, 0.6) is 0 Å². The number of hydrogen-bond donors (Lipinski definition) is 0. The van der Waals surface area contributed by atoms with Gasteiger partial charge in [-0.05, 0) is 44.9 Å². The lowest BCUT2D eigenvalue weighted by atomic mass is 9.73. The molecule has 2 aliphatic heterocycles. The first kappa shape index (κ1) is 16.6. The summed E-state index contributed by atoms with van der Waals surface area (Å²) in [7, 11) is 0. The standard InChI is InChI=1S/C19H30N2O3/c1-15-10-17(20-24-15)11-21-8-6-18-19(13-21,7-3-9-23-18)14-22-12-16-4-2-5-16/h10,16,18H,2-9,11-14H2,1H3/t18-,19+/m0/s1. The Labute approximate surface area is 144 Å². The second-order valence-corrected chi connectivity index (χ2v) is 8.07. The summed E-state index contributed by atoms with van der Waals surface area (Å²) in [6.45, 7) is 7.65. The van der Waals surface area contributed by atoms with E-state index in [2.05, 4.69) is 10.1 Å². The van der Waals surface area contributed by atoms with Gasteiger partial charge < -0.3 is 14.0 Å². The van der Waals surface area contributed by atoms with Crippen LogP contribution in [0.15, 0.2) is 10.6 Å². The van der Waals surface area contributed by atoms with Crippen molar-refractivity contribution in [3.63, 3.8) is 0 Å². The third-order valence-electron chi connectivity index (χ3n) is 6.10. The second kappa shape index (κ2) is 7.14. The molecule has 0 amide bonds. The molecule has 2 saturated heterocycles. The lowest BCUT2D eigenvalue weighted by Crippen LogP contribution is -2.56. The molecule has 0 bridgehead atoms. The van der Waals surface area contributed by atoms with E-state index in [1.54, 1.807) is 0 Å². The largest absolute Gasteiger partial charge is 0.380 e. The monoisotopic (exact) mass is 334 g/mol. The van der Waals surface area contributed by atoms with E-state index in [1.807, 2.05) is 13.0 Å². The predicted octanol–water partition coefficient (Wildman–Crippen LogP) is 3.17. The zero-order valence-corrected chi connectivity index (χ0v) is 14.8. The first-order valence-electron chi connectivity index (χ1n) is 9.57. The fraction of sp³-hybridized carbons (Fsp3) is 0.842. The van der Waals surface area contributed by atoms with Gasteiger partial charge in [0.25, 0.3) is 0 Å².